The first-order valence-electron chi connectivity index (χ1n) is 11.4. The molecule has 1 unspecified atom stereocenters. The van der Waals surface area contributed by atoms with Crippen molar-refractivity contribution in [2.24, 2.45) is 0 Å². The summed E-state index contributed by atoms with van der Waals surface area (Å²) in [5.41, 5.74) is 2.68. The van der Waals surface area contributed by atoms with Crippen molar-refractivity contribution >= 4 is 40.4 Å². The molecule has 1 fully saturated rings. The monoisotopic (exact) mass is 505 g/mol. The van der Waals surface area contributed by atoms with Crippen molar-refractivity contribution in [3.63, 3.8) is 0 Å². The van der Waals surface area contributed by atoms with Gasteiger partial charge in [-0.05, 0) is 42.7 Å². The van der Waals surface area contributed by atoms with Crippen LogP contribution in [0.2, 0.25) is 4.34 Å². The molecule has 1 atom stereocenters. The normalized spacial score (nSPS) is 15.3. The molecule has 2 amide bonds. The van der Waals surface area contributed by atoms with Gasteiger partial charge in [-0.3, -0.25) is 9.59 Å². The Morgan fingerprint density at radius 2 is 1.86 bits per heavy atom. The average molecular weight is 506 g/mol. The highest BCUT2D eigenvalue weighted by Crippen LogP contribution is 2.33. The number of amides is 2. The lowest BCUT2D eigenvalue weighted by Crippen LogP contribution is -2.31. The Balaban J connectivity index is 1.30. The zero-order valence-corrected chi connectivity index (χ0v) is 20.5. The van der Waals surface area contributed by atoms with Gasteiger partial charge in [-0.1, -0.05) is 59.3 Å². The van der Waals surface area contributed by atoms with Crippen molar-refractivity contribution in [2.45, 2.75) is 31.8 Å². The van der Waals surface area contributed by atoms with E-state index in [1.165, 1.54) is 11.3 Å². The molecule has 3 heterocycles. The summed E-state index contributed by atoms with van der Waals surface area (Å²) in [6.07, 6.45) is 3.84. The number of likely N-dealkylation sites (tertiary alicyclic amines) is 1. The molecule has 178 valence electrons. The number of benzene rings is 2. The summed E-state index contributed by atoms with van der Waals surface area (Å²) in [6.45, 7) is 1.21. The molecule has 1 saturated heterocycles. The number of carbonyl (C=O) groups is 2. The number of hydrogen-bond acceptors (Lipinski definition) is 5. The molecule has 0 saturated carbocycles. The summed E-state index contributed by atoms with van der Waals surface area (Å²) < 4.78 is 2.51. The summed E-state index contributed by atoms with van der Waals surface area (Å²) in [4.78, 5) is 29.2. The van der Waals surface area contributed by atoms with E-state index in [2.05, 4.69) is 15.6 Å². The molecule has 4 aromatic rings. The molecule has 0 bridgehead atoms. The number of thiophene rings is 1. The second-order valence-electron chi connectivity index (χ2n) is 8.46. The number of para-hydroxylation sites is 1. The van der Waals surface area contributed by atoms with Crippen molar-refractivity contribution in [3.8, 4) is 0 Å². The van der Waals surface area contributed by atoms with Crippen LogP contribution in [-0.4, -0.2) is 38.3 Å². The van der Waals surface area contributed by atoms with E-state index in [1.54, 1.807) is 16.8 Å². The molecular formula is C26H24ClN5O2S. The first-order chi connectivity index (χ1) is 17.1. The second kappa shape index (κ2) is 10.4. The third kappa shape index (κ3) is 5.44. The topological polar surface area (TPSA) is 80.1 Å². The number of aromatic nitrogens is 3. The Kier molecular flexibility index (Phi) is 6.92. The minimum Gasteiger partial charge on any atom is -0.330 e. The molecule has 2 aromatic heterocycles. The van der Waals surface area contributed by atoms with E-state index in [1.807, 2.05) is 65.7 Å². The number of rotatable bonds is 7. The first-order valence-corrected chi connectivity index (χ1v) is 12.6. The third-order valence-electron chi connectivity index (χ3n) is 6.00. The van der Waals surface area contributed by atoms with Crippen LogP contribution in [0.4, 0.5) is 5.69 Å². The first kappa shape index (κ1) is 23.3. The van der Waals surface area contributed by atoms with Gasteiger partial charge in [-0.2, -0.15) is 0 Å². The van der Waals surface area contributed by atoms with Gasteiger partial charge in [0.2, 0.25) is 5.91 Å². The number of carbonyl (C=O) groups excluding carboxylic acids is 2. The van der Waals surface area contributed by atoms with Crippen LogP contribution < -0.4 is 5.32 Å². The maximum Gasteiger partial charge on any atom is 0.256 e. The van der Waals surface area contributed by atoms with Crippen LogP contribution in [0.1, 0.15) is 45.4 Å². The van der Waals surface area contributed by atoms with Crippen LogP contribution in [0.25, 0.3) is 0 Å². The standard InChI is InChI=1S/C26H24ClN5O2S/c27-24-13-12-19(35-24)16-31-17-22(29-30-31)23-11-6-14-32(23)26(34)20-9-4-5-10-21(20)28-25(33)15-18-7-2-1-3-8-18/h1-5,7-10,12-13,17,23H,6,11,14-16H2,(H,28,33). The predicted molar refractivity (Wildman–Crippen MR) is 137 cm³/mol. The Labute approximate surface area is 212 Å². The number of anilines is 1. The van der Waals surface area contributed by atoms with Gasteiger partial charge < -0.3 is 10.2 Å². The van der Waals surface area contributed by atoms with E-state index in [-0.39, 0.29) is 24.3 Å². The molecule has 2 aromatic carbocycles. The van der Waals surface area contributed by atoms with E-state index in [0.717, 1.165) is 33.3 Å². The Bertz CT molecular complexity index is 1340. The molecule has 7 nitrogen and oxygen atoms in total. The molecule has 9 heteroatoms. The smallest absolute Gasteiger partial charge is 0.256 e. The van der Waals surface area contributed by atoms with E-state index in [0.29, 0.717) is 24.3 Å². The average Bonchev–Trinajstić information content (AvgIpc) is 3.61. The van der Waals surface area contributed by atoms with Crippen LogP contribution in [0.3, 0.4) is 0 Å². The van der Waals surface area contributed by atoms with Gasteiger partial charge in [0, 0.05) is 11.4 Å². The highest BCUT2D eigenvalue weighted by atomic mass is 35.5. The van der Waals surface area contributed by atoms with E-state index in [9.17, 15) is 9.59 Å². The van der Waals surface area contributed by atoms with E-state index in [4.69, 9.17) is 11.6 Å². The quantitative estimate of drug-likeness (QED) is 0.374. The molecule has 1 N–H and O–H groups in total. The Hall–Kier alpha value is -3.49. The maximum atomic E-state index is 13.6. The minimum atomic E-state index is -0.161. The zero-order valence-electron chi connectivity index (χ0n) is 18.9. The van der Waals surface area contributed by atoms with Crippen LogP contribution >= 0.6 is 22.9 Å². The fourth-order valence-corrected chi connectivity index (χ4v) is 5.45. The van der Waals surface area contributed by atoms with Gasteiger partial charge in [0.15, 0.2) is 0 Å². The Morgan fingerprint density at radius 3 is 2.66 bits per heavy atom. The minimum absolute atomic E-state index is 0.123. The fourth-order valence-electron chi connectivity index (χ4n) is 4.37. The van der Waals surface area contributed by atoms with Crippen molar-refractivity contribution in [2.75, 3.05) is 11.9 Å². The van der Waals surface area contributed by atoms with Crippen molar-refractivity contribution in [3.05, 3.63) is 99.0 Å². The number of halogens is 1. The molecule has 0 radical (unpaired) electrons. The number of nitrogens with one attached hydrogen (secondary N) is 1. The zero-order chi connectivity index (χ0) is 24.2. The highest BCUT2D eigenvalue weighted by Gasteiger charge is 2.33. The van der Waals surface area contributed by atoms with Crippen LogP contribution in [0.5, 0.6) is 0 Å². The molecule has 1 aliphatic rings. The molecule has 5 rings (SSSR count). The van der Waals surface area contributed by atoms with Gasteiger partial charge in [-0.25, -0.2) is 4.68 Å². The maximum absolute atomic E-state index is 13.6. The summed E-state index contributed by atoms with van der Waals surface area (Å²) in [5.74, 6) is -0.284. The summed E-state index contributed by atoms with van der Waals surface area (Å²) in [6, 6.07) is 20.4. The largest absolute Gasteiger partial charge is 0.330 e. The highest BCUT2D eigenvalue weighted by molar-refractivity contribution is 7.16. The summed E-state index contributed by atoms with van der Waals surface area (Å²) in [5, 5.41) is 11.6. The van der Waals surface area contributed by atoms with Crippen molar-refractivity contribution < 1.29 is 9.59 Å². The second-order valence-corrected chi connectivity index (χ2v) is 10.3. The SMILES string of the molecule is O=C(Cc1ccccc1)Nc1ccccc1C(=O)N1CCCC1c1cn(Cc2ccc(Cl)s2)nn1. The fraction of sp³-hybridized carbons (Fsp3) is 0.231. The lowest BCUT2D eigenvalue weighted by Gasteiger charge is -2.24. The molecule has 0 spiro atoms. The third-order valence-corrected chi connectivity index (χ3v) is 7.21. The Morgan fingerprint density at radius 1 is 1.06 bits per heavy atom. The molecule has 1 aliphatic heterocycles. The number of hydrogen-bond donors (Lipinski definition) is 1. The van der Waals surface area contributed by atoms with Crippen LogP contribution in [0.15, 0.2) is 72.9 Å². The van der Waals surface area contributed by atoms with Gasteiger partial charge in [0.1, 0.15) is 5.69 Å². The van der Waals surface area contributed by atoms with Crippen molar-refractivity contribution in [1.82, 2.24) is 19.9 Å². The van der Waals surface area contributed by atoms with Gasteiger partial charge in [0.25, 0.3) is 5.91 Å². The number of nitrogens with zero attached hydrogens (tertiary/aromatic N) is 4. The van der Waals surface area contributed by atoms with Gasteiger partial charge >= 0.3 is 0 Å². The van der Waals surface area contributed by atoms with Gasteiger partial charge in [-0.15, -0.1) is 16.4 Å². The van der Waals surface area contributed by atoms with Crippen LogP contribution in [0, 0.1) is 0 Å². The molecular weight excluding hydrogens is 482 g/mol. The predicted octanol–water partition coefficient (Wildman–Crippen LogP) is 5.20. The van der Waals surface area contributed by atoms with E-state index >= 15 is 0 Å². The van der Waals surface area contributed by atoms with E-state index < -0.39 is 0 Å². The molecule has 0 aliphatic carbocycles. The summed E-state index contributed by atoms with van der Waals surface area (Å²) in [7, 11) is 0. The lowest BCUT2D eigenvalue weighted by molar-refractivity contribution is -0.115. The van der Waals surface area contributed by atoms with Crippen LogP contribution in [-0.2, 0) is 17.8 Å². The lowest BCUT2D eigenvalue weighted by atomic mass is 10.1. The molecule has 35 heavy (non-hydrogen) atoms. The summed E-state index contributed by atoms with van der Waals surface area (Å²) >= 11 is 7.55. The van der Waals surface area contributed by atoms with Crippen molar-refractivity contribution in [1.29, 1.82) is 0 Å². The van der Waals surface area contributed by atoms with Gasteiger partial charge in [0.05, 0.1) is 40.8 Å².